The lowest BCUT2D eigenvalue weighted by atomic mass is 9.92. The van der Waals surface area contributed by atoms with E-state index in [1.54, 1.807) is 20.8 Å². The smallest absolute Gasteiger partial charge is 0.327 e. The molecule has 0 aromatic heterocycles. The number of rotatable bonds is 4. The first-order chi connectivity index (χ1) is 9.20. The molecule has 1 rings (SSSR count). The van der Waals surface area contributed by atoms with Crippen molar-refractivity contribution in [3.8, 4) is 0 Å². The number of amides is 3. The standard InChI is InChI=1S/C12H21N3O4S/c1-7-15(8(5-20-7)9(16)17)11(19)14-6-12(2,3)10(18)13-4/h7-8H,5-6H2,1-4H3,(H,13,18)(H,14,19)(H,16,17). The van der Waals surface area contributed by atoms with E-state index in [9.17, 15) is 14.4 Å². The van der Waals surface area contributed by atoms with Crippen LogP contribution in [-0.4, -0.2) is 58.7 Å². The Hall–Kier alpha value is -1.44. The van der Waals surface area contributed by atoms with Crippen molar-refractivity contribution in [3.05, 3.63) is 0 Å². The van der Waals surface area contributed by atoms with Crippen LogP contribution in [0.4, 0.5) is 4.79 Å². The van der Waals surface area contributed by atoms with E-state index in [0.29, 0.717) is 5.75 Å². The molecule has 0 aromatic rings. The van der Waals surface area contributed by atoms with E-state index in [-0.39, 0.29) is 17.8 Å². The van der Waals surface area contributed by atoms with E-state index in [4.69, 9.17) is 5.11 Å². The molecule has 0 radical (unpaired) electrons. The minimum Gasteiger partial charge on any atom is -0.480 e. The number of carbonyl (C=O) groups is 3. The molecule has 0 aromatic carbocycles. The number of hydrogen-bond donors (Lipinski definition) is 3. The molecule has 7 nitrogen and oxygen atoms in total. The number of carboxylic acid groups (broad SMARTS) is 1. The molecular weight excluding hydrogens is 282 g/mol. The predicted molar refractivity (Wildman–Crippen MR) is 76.4 cm³/mol. The van der Waals surface area contributed by atoms with E-state index in [1.165, 1.54) is 23.7 Å². The molecule has 2 atom stereocenters. The van der Waals surface area contributed by atoms with E-state index >= 15 is 0 Å². The summed E-state index contributed by atoms with van der Waals surface area (Å²) in [7, 11) is 1.53. The van der Waals surface area contributed by atoms with Gasteiger partial charge in [0.1, 0.15) is 6.04 Å². The third kappa shape index (κ3) is 3.56. The van der Waals surface area contributed by atoms with Crippen molar-refractivity contribution in [1.82, 2.24) is 15.5 Å². The summed E-state index contributed by atoms with van der Waals surface area (Å²) in [5, 5.41) is 14.1. The lowest BCUT2D eigenvalue weighted by Gasteiger charge is -2.28. The highest BCUT2D eigenvalue weighted by atomic mass is 32.2. The number of carboxylic acids is 1. The Bertz CT molecular complexity index is 414. The molecule has 0 spiro atoms. The fourth-order valence-corrected chi connectivity index (χ4v) is 3.12. The Balaban J connectivity index is 2.66. The molecule has 3 N–H and O–H groups in total. The van der Waals surface area contributed by atoms with Gasteiger partial charge in [-0.2, -0.15) is 0 Å². The van der Waals surface area contributed by atoms with Crippen LogP contribution in [0, 0.1) is 5.41 Å². The van der Waals surface area contributed by atoms with Crippen molar-refractivity contribution < 1.29 is 19.5 Å². The third-order valence-corrected chi connectivity index (χ3v) is 4.48. The molecule has 1 saturated heterocycles. The first kappa shape index (κ1) is 16.6. The van der Waals surface area contributed by atoms with Gasteiger partial charge in [0, 0.05) is 19.3 Å². The third-order valence-electron chi connectivity index (χ3n) is 3.27. The Morgan fingerprint density at radius 3 is 2.50 bits per heavy atom. The average Bonchev–Trinajstić information content (AvgIpc) is 2.77. The summed E-state index contributed by atoms with van der Waals surface area (Å²) in [5.41, 5.74) is -0.751. The second kappa shape index (κ2) is 6.34. The summed E-state index contributed by atoms with van der Waals surface area (Å²) in [6.45, 7) is 5.36. The molecule has 0 bridgehead atoms. The largest absolute Gasteiger partial charge is 0.480 e. The van der Waals surface area contributed by atoms with Gasteiger partial charge in [-0.05, 0) is 20.8 Å². The summed E-state index contributed by atoms with van der Waals surface area (Å²) < 4.78 is 0. The van der Waals surface area contributed by atoms with Crippen LogP contribution in [0.15, 0.2) is 0 Å². The van der Waals surface area contributed by atoms with Gasteiger partial charge in [0.05, 0.1) is 10.8 Å². The first-order valence-electron chi connectivity index (χ1n) is 6.33. The van der Waals surface area contributed by atoms with Crippen LogP contribution in [-0.2, 0) is 9.59 Å². The van der Waals surface area contributed by atoms with Crippen LogP contribution < -0.4 is 10.6 Å². The van der Waals surface area contributed by atoms with Crippen molar-refractivity contribution in [2.45, 2.75) is 32.2 Å². The molecule has 114 valence electrons. The van der Waals surface area contributed by atoms with E-state index < -0.39 is 23.5 Å². The highest BCUT2D eigenvalue weighted by Crippen LogP contribution is 2.28. The highest BCUT2D eigenvalue weighted by molar-refractivity contribution is 8.00. The minimum absolute atomic E-state index is 0.145. The topological polar surface area (TPSA) is 98.7 Å². The monoisotopic (exact) mass is 303 g/mol. The number of carbonyl (C=O) groups excluding carboxylic acids is 2. The van der Waals surface area contributed by atoms with Gasteiger partial charge in [-0.1, -0.05) is 0 Å². The van der Waals surface area contributed by atoms with Gasteiger partial charge in [-0.15, -0.1) is 11.8 Å². The van der Waals surface area contributed by atoms with Crippen LogP contribution >= 0.6 is 11.8 Å². The number of thioether (sulfide) groups is 1. The van der Waals surface area contributed by atoms with Gasteiger partial charge >= 0.3 is 12.0 Å². The number of nitrogens with zero attached hydrogens (tertiary/aromatic N) is 1. The van der Waals surface area contributed by atoms with Gasteiger partial charge in [-0.3, -0.25) is 9.69 Å². The molecule has 20 heavy (non-hydrogen) atoms. The van der Waals surface area contributed by atoms with Crippen molar-refractivity contribution in [1.29, 1.82) is 0 Å². The molecule has 1 heterocycles. The van der Waals surface area contributed by atoms with E-state index in [2.05, 4.69) is 10.6 Å². The lowest BCUT2D eigenvalue weighted by Crippen LogP contribution is -2.52. The molecule has 0 aliphatic carbocycles. The first-order valence-corrected chi connectivity index (χ1v) is 7.38. The number of hydrogen-bond acceptors (Lipinski definition) is 4. The minimum atomic E-state index is -1.01. The maximum atomic E-state index is 12.1. The Kier molecular flexibility index (Phi) is 5.27. The Labute approximate surface area is 122 Å². The van der Waals surface area contributed by atoms with Gasteiger partial charge in [0.25, 0.3) is 0 Å². The van der Waals surface area contributed by atoms with Gasteiger partial charge < -0.3 is 15.7 Å². The van der Waals surface area contributed by atoms with Crippen molar-refractivity contribution in [2.75, 3.05) is 19.3 Å². The summed E-state index contributed by atoms with van der Waals surface area (Å²) in [6.07, 6.45) is 0. The van der Waals surface area contributed by atoms with Crippen LogP contribution in [0.3, 0.4) is 0 Å². The second-order valence-electron chi connectivity index (χ2n) is 5.32. The van der Waals surface area contributed by atoms with Crippen molar-refractivity contribution >= 4 is 29.7 Å². The zero-order valence-electron chi connectivity index (χ0n) is 12.1. The fourth-order valence-electron chi connectivity index (χ4n) is 1.95. The zero-order chi connectivity index (χ0) is 15.5. The van der Waals surface area contributed by atoms with Crippen LogP contribution in [0.1, 0.15) is 20.8 Å². The molecule has 1 aliphatic rings. The highest BCUT2D eigenvalue weighted by Gasteiger charge is 2.40. The molecule has 3 amide bonds. The van der Waals surface area contributed by atoms with Crippen LogP contribution in [0.25, 0.3) is 0 Å². The number of nitrogens with one attached hydrogen (secondary N) is 2. The summed E-state index contributed by atoms with van der Waals surface area (Å²) >= 11 is 1.42. The maximum absolute atomic E-state index is 12.1. The van der Waals surface area contributed by atoms with Gasteiger partial charge in [-0.25, -0.2) is 9.59 Å². The molecule has 1 fully saturated rings. The van der Waals surface area contributed by atoms with Crippen molar-refractivity contribution in [2.24, 2.45) is 5.41 Å². The van der Waals surface area contributed by atoms with E-state index in [0.717, 1.165) is 0 Å². The summed E-state index contributed by atoms with van der Waals surface area (Å²) in [6, 6.07) is -1.27. The van der Waals surface area contributed by atoms with Gasteiger partial charge in [0.2, 0.25) is 5.91 Å². The second-order valence-corrected chi connectivity index (χ2v) is 6.66. The quantitative estimate of drug-likeness (QED) is 0.694. The SMILES string of the molecule is CNC(=O)C(C)(C)CNC(=O)N1C(C)SCC1C(=O)O. The number of urea groups is 1. The van der Waals surface area contributed by atoms with Crippen LogP contribution in [0.2, 0.25) is 0 Å². The number of aliphatic carboxylic acids is 1. The summed E-state index contributed by atoms with van der Waals surface area (Å²) in [5.74, 6) is -0.818. The molecule has 1 aliphatic heterocycles. The molecule has 2 unspecified atom stereocenters. The Morgan fingerprint density at radius 2 is 2.00 bits per heavy atom. The van der Waals surface area contributed by atoms with Gasteiger partial charge in [0.15, 0.2) is 0 Å². The van der Waals surface area contributed by atoms with Crippen molar-refractivity contribution in [3.63, 3.8) is 0 Å². The fraction of sp³-hybridized carbons (Fsp3) is 0.750. The van der Waals surface area contributed by atoms with Crippen LogP contribution in [0.5, 0.6) is 0 Å². The Morgan fingerprint density at radius 1 is 1.40 bits per heavy atom. The maximum Gasteiger partial charge on any atom is 0.327 e. The lowest BCUT2D eigenvalue weighted by molar-refractivity contribution is -0.141. The molecular formula is C12H21N3O4S. The summed E-state index contributed by atoms with van der Waals surface area (Å²) in [4.78, 5) is 36.2. The average molecular weight is 303 g/mol. The zero-order valence-corrected chi connectivity index (χ0v) is 12.9. The normalized spacial score (nSPS) is 22.5. The molecule has 8 heteroatoms. The molecule has 0 saturated carbocycles. The van der Waals surface area contributed by atoms with E-state index in [1.807, 2.05) is 0 Å². The predicted octanol–water partition coefficient (Wildman–Crippen LogP) is 0.316.